The molecule has 0 atom stereocenters. The molecule has 0 bridgehead atoms. The van der Waals surface area contributed by atoms with Crippen molar-refractivity contribution in [2.45, 2.75) is 83.9 Å². The minimum atomic E-state index is -0.588. The number of amides is 1. The van der Waals surface area contributed by atoms with Gasteiger partial charge in [-0.05, 0) is 70.2 Å². The number of rotatable bonds is 2. The summed E-state index contributed by atoms with van der Waals surface area (Å²) in [7, 11) is 0. The third-order valence-corrected chi connectivity index (χ3v) is 6.62. The Morgan fingerprint density at radius 3 is 2.53 bits per heavy atom. The molecule has 34 heavy (non-hydrogen) atoms. The lowest BCUT2D eigenvalue weighted by molar-refractivity contribution is 0.0214. The van der Waals surface area contributed by atoms with E-state index in [-0.39, 0.29) is 12.0 Å². The first-order chi connectivity index (χ1) is 16.2. The van der Waals surface area contributed by atoms with Gasteiger partial charge >= 0.3 is 6.09 Å². The number of ether oxygens (including phenoxy) is 1. The highest BCUT2D eigenvalue weighted by Gasteiger charge is 2.34. The van der Waals surface area contributed by atoms with Crippen LogP contribution in [0.25, 0.3) is 5.69 Å². The lowest BCUT2D eigenvalue weighted by atomic mass is 9.81. The molecule has 1 amide bonds. The van der Waals surface area contributed by atoms with Crippen LogP contribution in [0.3, 0.4) is 0 Å². The molecule has 0 N–H and O–H groups in total. The van der Waals surface area contributed by atoms with Crippen molar-refractivity contribution in [1.29, 1.82) is 0 Å². The summed E-state index contributed by atoms with van der Waals surface area (Å²) in [6, 6.07) is 5.76. The SMILES string of the molecule is Cc1nc([C@H]2CC[C@H](c3nnc4n3-c3ccc(Cl)cc3CN(C(=O)OC(C)(C)C)C4)CC2)no1. The van der Waals surface area contributed by atoms with Gasteiger partial charge in [0.2, 0.25) is 5.89 Å². The fourth-order valence-corrected chi connectivity index (χ4v) is 5.03. The Kier molecular flexibility index (Phi) is 5.83. The van der Waals surface area contributed by atoms with E-state index >= 15 is 0 Å². The number of halogens is 1. The Morgan fingerprint density at radius 1 is 1.12 bits per heavy atom. The van der Waals surface area contributed by atoms with Crippen molar-refractivity contribution in [3.05, 3.63) is 52.1 Å². The molecule has 2 aliphatic rings. The molecule has 9 nitrogen and oxygen atoms in total. The number of hydrogen-bond acceptors (Lipinski definition) is 7. The van der Waals surface area contributed by atoms with Gasteiger partial charge in [-0.15, -0.1) is 10.2 Å². The molecule has 1 fully saturated rings. The molecule has 1 aromatic carbocycles. The second-order valence-electron chi connectivity index (χ2n) is 10.1. The maximum Gasteiger partial charge on any atom is 0.411 e. The van der Waals surface area contributed by atoms with Crippen molar-refractivity contribution in [1.82, 2.24) is 29.8 Å². The molecule has 0 saturated heterocycles. The highest BCUT2D eigenvalue weighted by molar-refractivity contribution is 6.30. The zero-order valence-corrected chi connectivity index (χ0v) is 20.7. The minimum Gasteiger partial charge on any atom is -0.444 e. The molecule has 0 spiro atoms. The number of aromatic nitrogens is 5. The van der Waals surface area contributed by atoms with Crippen LogP contribution in [0.4, 0.5) is 4.79 Å². The number of benzene rings is 1. The fraction of sp³-hybridized carbons (Fsp3) is 0.542. The van der Waals surface area contributed by atoms with Crippen LogP contribution in [0.5, 0.6) is 0 Å². The third kappa shape index (κ3) is 4.53. The lowest BCUT2D eigenvalue weighted by Gasteiger charge is -2.26. The lowest BCUT2D eigenvalue weighted by Crippen LogP contribution is -2.35. The maximum absolute atomic E-state index is 12.9. The molecule has 5 rings (SSSR count). The van der Waals surface area contributed by atoms with Gasteiger partial charge in [-0.3, -0.25) is 9.47 Å². The molecule has 3 aromatic rings. The molecule has 0 unspecified atom stereocenters. The van der Waals surface area contributed by atoms with E-state index in [4.69, 9.17) is 20.9 Å². The zero-order chi connectivity index (χ0) is 24.0. The normalized spacial score (nSPS) is 20.4. The summed E-state index contributed by atoms with van der Waals surface area (Å²) < 4.78 is 12.9. The first kappa shape index (κ1) is 22.8. The van der Waals surface area contributed by atoms with Gasteiger partial charge in [-0.1, -0.05) is 16.8 Å². The summed E-state index contributed by atoms with van der Waals surface area (Å²) in [5, 5.41) is 13.9. The predicted molar refractivity (Wildman–Crippen MR) is 125 cm³/mol. The predicted octanol–water partition coefficient (Wildman–Crippen LogP) is 5.30. The van der Waals surface area contributed by atoms with E-state index in [0.29, 0.717) is 29.9 Å². The van der Waals surface area contributed by atoms with Crippen LogP contribution >= 0.6 is 11.6 Å². The van der Waals surface area contributed by atoms with Gasteiger partial charge in [-0.2, -0.15) is 4.98 Å². The van der Waals surface area contributed by atoms with Crippen molar-refractivity contribution < 1.29 is 14.1 Å². The van der Waals surface area contributed by atoms with E-state index in [1.807, 2.05) is 45.9 Å². The topological polar surface area (TPSA) is 99.2 Å². The summed E-state index contributed by atoms with van der Waals surface area (Å²) in [5.74, 6) is 3.59. The van der Waals surface area contributed by atoms with Gasteiger partial charge in [0, 0.05) is 23.8 Å². The van der Waals surface area contributed by atoms with Crippen LogP contribution in [-0.2, 0) is 17.8 Å². The number of fused-ring (bicyclic) bond motifs is 3. The first-order valence-corrected chi connectivity index (χ1v) is 12.1. The molecule has 1 aliphatic carbocycles. The van der Waals surface area contributed by atoms with Crippen LogP contribution < -0.4 is 0 Å². The minimum absolute atomic E-state index is 0.252. The number of aryl methyl sites for hydroxylation is 1. The van der Waals surface area contributed by atoms with Gasteiger partial charge in [-0.25, -0.2) is 4.79 Å². The van der Waals surface area contributed by atoms with E-state index in [2.05, 4.69) is 24.9 Å². The number of nitrogens with zero attached hydrogens (tertiary/aromatic N) is 6. The summed E-state index contributed by atoms with van der Waals surface area (Å²) >= 11 is 6.33. The monoisotopic (exact) mass is 484 g/mol. The second kappa shape index (κ2) is 8.69. The summed E-state index contributed by atoms with van der Waals surface area (Å²) in [5.41, 5.74) is 1.31. The zero-order valence-electron chi connectivity index (χ0n) is 19.9. The van der Waals surface area contributed by atoms with Gasteiger partial charge in [0.05, 0.1) is 18.8 Å². The molecular weight excluding hydrogens is 456 g/mol. The highest BCUT2D eigenvalue weighted by Crippen LogP contribution is 2.40. The molecule has 10 heteroatoms. The second-order valence-corrected chi connectivity index (χ2v) is 10.6. The Hall–Kier alpha value is -2.94. The maximum atomic E-state index is 12.9. The van der Waals surface area contributed by atoms with Crippen molar-refractivity contribution in [2.24, 2.45) is 0 Å². The standard InChI is InChI=1S/C24H29ClN6O3/c1-14-26-21(29-34-14)15-5-7-16(8-6-15)22-28-27-20-13-30(23(32)33-24(2,3)4)12-17-11-18(25)9-10-19(17)31(20)22/h9-11,15-16H,5-8,12-13H2,1-4H3/t15-,16-. The summed E-state index contributed by atoms with van der Waals surface area (Å²) in [6.07, 6.45) is 3.45. The van der Waals surface area contributed by atoms with Crippen molar-refractivity contribution in [3.8, 4) is 5.69 Å². The van der Waals surface area contributed by atoms with Gasteiger partial charge < -0.3 is 9.26 Å². The smallest absolute Gasteiger partial charge is 0.411 e. The molecule has 2 aromatic heterocycles. The van der Waals surface area contributed by atoms with Gasteiger partial charge in [0.15, 0.2) is 11.6 Å². The van der Waals surface area contributed by atoms with E-state index in [9.17, 15) is 4.79 Å². The fourth-order valence-electron chi connectivity index (χ4n) is 4.84. The van der Waals surface area contributed by atoms with Crippen molar-refractivity contribution in [2.75, 3.05) is 0 Å². The highest BCUT2D eigenvalue weighted by atomic mass is 35.5. The summed E-state index contributed by atoms with van der Waals surface area (Å²) in [4.78, 5) is 19.0. The van der Waals surface area contributed by atoms with Crippen molar-refractivity contribution >= 4 is 17.7 Å². The molecule has 1 saturated carbocycles. The van der Waals surface area contributed by atoms with Crippen LogP contribution in [0.15, 0.2) is 22.7 Å². The van der Waals surface area contributed by atoms with E-state index < -0.39 is 5.60 Å². The average Bonchev–Trinajstić information content (AvgIpc) is 3.35. The molecular formula is C24H29ClN6O3. The van der Waals surface area contributed by atoms with E-state index in [1.165, 1.54) is 0 Å². The van der Waals surface area contributed by atoms with Crippen LogP contribution in [0.1, 0.15) is 87.2 Å². The summed E-state index contributed by atoms with van der Waals surface area (Å²) in [6.45, 7) is 8.10. The quantitative estimate of drug-likeness (QED) is 0.486. The number of carbonyl (C=O) groups is 1. The van der Waals surface area contributed by atoms with Crippen LogP contribution in [0, 0.1) is 6.92 Å². The Bertz CT molecular complexity index is 1210. The number of carbonyl (C=O) groups excluding carboxylic acids is 1. The average molecular weight is 485 g/mol. The van der Waals surface area contributed by atoms with E-state index in [1.54, 1.807) is 4.90 Å². The van der Waals surface area contributed by atoms with Crippen LogP contribution in [0.2, 0.25) is 5.02 Å². The first-order valence-electron chi connectivity index (χ1n) is 11.7. The van der Waals surface area contributed by atoms with Gasteiger partial charge in [0.1, 0.15) is 11.4 Å². The van der Waals surface area contributed by atoms with Crippen molar-refractivity contribution in [3.63, 3.8) is 0 Å². The Morgan fingerprint density at radius 2 is 1.85 bits per heavy atom. The van der Waals surface area contributed by atoms with Gasteiger partial charge in [0.25, 0.3) is 0 Å². The largest absolute Gasteiger partial charge is 0.444 e. The number of hydrogen-bond donors (Lipinski definition) is 0. The molecule has 1 aliphatic heterocycles. The molecule has 3 heterocycles. The Balaban J connectivity index is 1.44. The molecule has 180 valence electrons. The molecule has 0 radical (unpaired) electrons. The van der Waals surface area contributed by atoms with Crippen LogP contribution in [-0.4, -0.2) is 41.5 Å². The third-order valence-electron chi connectivity index (χ3n) is 6.38. The Labute approximate surface area is 203 Å². The van der Waals surface area contributed by atoms with E-state index in [0.717, 1.165) is 54.4 Å².